The second kappa shape index (κ2) is 4.51. The first-order valence-electron chi connectivity index (χ1n) is 4.35. The summed E-state index contributed by atoms with van der Waals surface area (Å²) in [5.74, 6) is -5.42. The fourth-order valence-electron chi connectivity index (χ4n) is 1.23. The Labute approximate surface area is 88.5 Å². The Bertz CT molecular complexity index is 387. The Morgan fingerprint density at radius 3 is 2.31 bits per heavy atom. The number of rotatable bonds is 3. The number of alkyl halides is 3. The van der Waals surface area contributed by atoms with Gasteiger partial charge in [0.2, 0.25) is 0 Å². The van der Waals surface area contributed by atoms with Crippen LogP contribution in [0.15, 0.2) is 24.3 Å². The van der Waals surface area contributed by atoms with Crippen LogP contribution in [0.5, 0.6) is 0 Å². The van der Waals surface area contributed by atoms with Crippen LogP contribution >= 0.6 is 0 Å². The average molecular weight is 236 g/mol. The van der Waals surface area contributed by atoms with E-state index in [-0.39, 0.29) is 5.56 Å². The van der Waals surface area contributed by atoms with Gasteiger partial charge in [0, 0.05) is 0 Å². The number of carboxylic acids is 1. The number of hydrogen-bond donors (Lipinski definition) is 1. The maximum absolute atomic E-state index is 13.0. The molecule has 0 spiro atoms. The fourth-order valence-corrected chi connectivity index (χ4v) is 1.23. The van der Waals surface area contributed by atoms with Crippen LogP contribution in [0.3, 0.4) is 0 Å². The minimum Gasteiger partial charge on any atom is -0.481 e. The third kappa shape index (κ3) is 2.95. The molecule has 0 aromatic heterocycles. The normalized spacial score (nSPS) is 13.5. The van der Waals surface area contributed by atoms with E-state index in [1.165, 1.54) is 12.1 Å². The third-order valence-corrected chi connectivity index (χ3v) is 2.08. The molecule has 0 aliphatic carbocycles. The summed E-state index contributed by atoms with van der Waals surface area (Å²) >= 11 is 0. The van der Waals surface area contributed by atoms with Gasteiger partial charge in [0.05, 0.1) is 0 Å². The van der Waals surface area contributed by atoms with E-state index in [1.807, 2.05) is 0 Å². The highest BCUT2D eigenvalue weighted by Crippen LogP contribution is 2.29. The van der Waals surface area contributed by atoms with E-state index in [0.717, 1.165) is 12.1 Å². The lowest BCUT2D eigenvalue weighted by atomic mass is 9.98. The minimum absolute atomic E-state index is 0.257. The van der Waals surface area contributed by atoms with Crippen molar-refractivity contribution in [2.24, 2.45) is 5.92 Å². The quantitative estimate of drug-likeness (QED) is 0.819. The van der Waals surface area contributed by atoms with Gasteiger partial charge in [-0.1, -0.05) is 18.2 Å². The molecule has 0 aliphatic rings. The largest absolute Gasteiger partial charge is 0.481 e. The SMILES string of the molecule is O=C(O)C(Cc1ccccc1F)C(F)(F)F. The number of carbonyl (C=O) groups is 1. The molecule has 2 nitrogen and oxygen atoms in total. The van der Waals surface area contributed by atoms with Gasteiger partial charge in [-0.15, -0.1) is 0 Å². The van der Waals surface area contributed by atoms with E-state index in [1.54, 1.807) is 0 Å². The summed E-state index contributed by atoms with van der Waals surface area (Å²) in [4.78, 5) is 10.4. The summed E-state index contributed by atoms with van der Waals surface area (Å²) in [6.45, 7) is 0. The van der Waals surface area contributed by atoms with Gasteiger partial charge in [-0.2, -0.15) is 13.2 Å². The predicted molar refractivity (Wildman–Crippen MR) is 47.3 cm³/mol. The molecule has 0 radical (unpaired) electrons. The molecule has 1 aromatic rings. The number of carboxylic acid groups (broad SMARTS) is 1. The number of benzene rings is 1. The van der Waals surface area contributed by atoms with Gasteiger partial charge < -0.3 is 5.11 Å². The second-order valence-corrected chi connectivity index (χ2v) is 3.23. The molecule has 1 aromatic carbocycles. The second-order valence-electron chi connectivity index (χ2n) is 3.23. The van der Waals surface area contributed by atoms with Crippen LogP contribution in [-0.4, -0.2) is 17.3 Å². The molecule has 6 heteroatoms. The molecule has 0 saturated carbocycles. The van der Waals surface area contributed by atoms with Crippen molar-refractivity contribution in [1.29, 1.82) is 0 Å². The van der Waals surface area contributed by atoms with E-state index in [4.69, 9.17) is 5.11 Å². The lowest BCUT2D eigenvalue weighted by Gasteiger charge is -2.16. The molecule has 0 aliphatic heterocycles. The molecule has 0 heterocycles. The molecule has 1 N–H and O–H groups in total. The molecule has 1 atom stereocenters. The summed E-state index contributed by atoms with van der Waals surface area (Å²) < 4.78 is 49.9. The van der Waals surface area contributed by atoms with Crippen molar-refractivity contribution in [3.8, 4) is 0 Å². The van der Waals surface area contributed by atoms with Gasteiger partial charge in [-0.05, 0) is 18.1 Å². The Kier molecular flexibility index (Phi) is 3.51. The Morgan fingerprint density at radius 2 is 1.88 bits per heavy atom. The van der Waals surface area contributed by atoms with Crippen LogP contribution in [0.2, 0.25) is 0 Å². The topological polar surface area (TPSA) is 37.3 Å². The number of aliphatic carboxylic acids is 1. The molecule has 0 bridgehead atoms. The van der Waals surface area contributed by atoms with Crippen molar-refractivity contribution in [1.82, 2.24) is 0 Å². The van der Waals surface area contributed by atoms with Gasteiger partial charge in [-0.3, -0.25) is 4.79 Å². The lowest BCUT2D eigenvalue weighted by Crippen LogP contribution is -2.32. The summed E-state index contributed by atoms with van der Waals surface area (Å²) in [6, 6.07) is 4.80. The van der Waals surface area contributed by atoms with Crippen molar-refractivity contribution in [3.05, 3.63) is 35.6 Å². The maximum atomic E-state index is 13.0. The third-order valence-electron chi connectivity index (χ3n) is 2.08. The zero-order valence-corrected chi connectivity index (χ0v) is 7.96. The summed E-state index contributed by atoms with van der Waals surface area (Å²) in [5, 5.41) is 8.42. The van der Waals surface area contributed by atoms with Crippen LogP contribution < -0.4 is 0 Å². The van der Waals surface area contributed by atoms with Crippen molar-refractivity contribution in [3.63, 3.8) is 0 Å². The monoisotopic (exact) mass is 236 g/mol. The molecular formula is C10H8F4O2. The molecule has 0 fully saturated rings. The highest BCUT2D eigenvalue weighted by molar-refractivity contribution is 5.71. The fraction of sp³-hybridized carbons (Fsp3) is 0.300. The summed E-state index contributed by atoms with van der Waals surface area (Å²) in [7, 11) is 0. The van der Waals surface area contributed by atoms with Crippen molar-refractivity contribution in [2.75, 3.05) is 0 Å². The van der Waals surface area contributed by atoms with Gasteiger partial charge in [-0.25, -0.2) is 4.39 Å². The van der Waals surface area contributed by atoms with Crippen LogP contribution in [0.4, 0.5) is 17.6 Å². The molecule has 1 unspecified atom stereocenters. The van der Waals surface area contributed by atoms with E-state index in [2.05, 4.69) is 0 Å². The standard InChI is InChI=1S/C10H8F4O2/c11-8-4-2-1-3-6(8)5-7(9(15)16)10(12,13)14/h1-4,7H,5H2,(H,15,16). The first kappa shape index (κ1) is 12.5. The predicted octanol–water partition coefficient (Wildman–Crippen LogP) is 2.63. The van der Waals surface area contributed by atoms with Crippen LogP contribution in [0, 0.1) is 11.7 Å². The van der Waals surface area contributed by atoms with Crippen molar-refractivity contribution >= 4 is 5.97 Å². The Morgan fingerprint density at radius 1 is 1.31 bits per heavy atom. The van der Waals surface area contributed by atoms with Crippen LogP contribution in [0.1, 0.15) is 5.56 Å². The van der Waals surface area contributed by atoms with Crippen molar-refractivity contribution in [2.45, 2.75) is 12.6 Å². The lowest BCUT2D eigenvalue weighted by molar-refractivity contribution is -0.193. The molecule has 0 saturated heterocycles. The zero-order chi connectivity index (χ0) is 12.3. The van der Waals surface area contributed by atoms with E-state index in [0.29, 0.717) is 0 Å². The van der Waals surface area contributed by atoms with Crippen molar-refractivity contribution < 1.29 is 27.5 Å². The molecule has 0 amide bonds. The first-order valence-corrected chi connectivity index (χ1v) is 4.35. The van der Waals surface area contributed by atoms with E-state index < -0.39 is 30.3 Å². The number of halogens is 4. The molecular weight excluding hydrogens is 228 g/mol. The Hall–Kier alpha value is -1.59. The summed E-state index contributed by atoms with van der Waals surface area (Å²) in [6.07, 6.45) is -5.78. The van der Waals surface area contributed by atoms with E-state index >= 15 is 0 Å². The minimum atomic E-state index is -4.88. The first-order chi connectivity index (χ1) is 7.32. The Balaban J connectivity index is 2.94. The molecule has 1 rings (SSSR count). The van der Waals surface area contributed by atoms with Gasteiger partial charge in [0.25, 0.3) is 0 Å². The smallest absolute Gasteiger partial charge is 0.402 e. The van der Waals surface area contributed by atoms with Gasteiger partial charge >= 0.3 is 12.1 Å². The highest BCUT2D eigenvalue weighted by Gasteiger charge is 2.45. The van der Waals surface area contributed by atoms with Crippen LogP contribution in [-0.2, 0) is 11.2 Å². The zero-order valence-electron chi connectivity index (χ0n) is 7.96. The van der Waals surface area contributed by atoms with Gasteiger partial charge in [0.15, 0.2) is 5.92 Å². The van der Waals surface area contributed by atoms with Crippen LogP contribution in [0.25, 0.3) is 0 Å². The number of hydrogen-bond acceptors (Lipinski definition) is 1. The van der Waals surface area contributed by atoms with Gasteiger partial charge in [0.1, 0.15) is 5.82 Å². The molecule has 16 heavy (non-hydrogen) atoms. The van der Waals surface area contributed by atoms with E-state index in [9.17, 15) is 22.4 Å². The maximum Gasteiger partial charge on any atom is 0.402 e. The molecule has 88 valence electrons. The summed E-state index contributed by atoms with van der Waals surface area (Å²) in [5.41, 5.74) is -0.257. The highest BCUT2D eigenvalue weighted by atomic mass is 19.4. The average Bonchev–Trinajstić information content (AvgIpc) is 2.14.